The van der Waals surface area contributed by atoms with E-state index in [4.69, 9.17) is 4.74 Å². The standard InChI is InChI=1S/C19H29FN4O2.HI/c1-4-21-18(22-11-14-6-9-16(20)13(3)10-14)23-12-17(15-7-8-15)24-19(25)26-5-2;/h6,9-10,15,17H,4-5,7-8,11-12H2,1-3H3,(H,24,25)(H2,21,22,23);1H. The van der Waals surface area contributed by atoms with E-state index in [1.807, 2.05) is 6.92 Å². The number of hydrogen-bond acceptors (Lipinski definition) is 3. The fourth-order valence-electron chi connectivity index (χ4n) is 2.68. The van der Waals surface area contributed by atoms with Crippen LogP contribution in [0.3, 0.4) is 0 Å². The normalized spacial score (nSPS) is 14.7. The minimum Gasteiger partial charge on any atom is -0.450 e. The molecule has 1 aliphatic rings. The van der Waals surface area contributed by atoms with Crippen molar-refractivity contribution in [3.05, 3.63) is 35.1 Å². The maximum Gasteiger partial charge on any atom is 0.407 e. The van der Waals surface area contributed by atoms with Crippen LogP contribution in [0.25, 0.3) is 0 Å². The summed E-state index contributed by atoms with van der Waals surface area (Å²) in [7, 11) is 0. The second kappa shape index (κ2) is 12.0. The smallest absolute Gasteiger partial charge is 0.407 e. The number of alkyl carbamates (subject to hydrolysis) is 1. The van der Waals surface area contributed by atoms with Crippen LogP contribution >= 0.6 is 24.0 Å². The molecule has 6 nitrogen and oxygen atoms in total. The number of aliphatic imine (C=N–C) groups is 1. The van der Waals surface area contributed by atoms with Gasteiger partial charge in [0, 0.05) is 13.1 Å². The van der Waals surface area contributed by atoms with Gasteiger partial charge in [-0.05, 0) is 56.7 Å². The highest BCUT2D eigenvalue weighted by molar-refractivity contribution is 14.0. The van der Waals surface area contributed by atoms with Gasteiger partial charge < -0.3 is 20.7 Å². The molecule has 152 valence electrons. The Balaban J connectivity index is 0.00000364. The molecule has 1 unspecified atom stereocenters. The summed E-state index contributed by atoms with van der Waals surface area (Å²) < 4.78 is 18.3. The molecule has 0 bridgehead atoms. The largest absolute Gasteiger partial charge is 0.450 e. The Morgan fingerprint density at radius 3 is 2.67 bits per heavy atom. The summed E-state index contributed by atoms with van der Waals surface area (Å²) >= 11 is 0. The Morgan fingerprint density at radius 1 is 1.33 bits per heavy atom. The van der Waals surface area contributed by atoms with Crippen molar-refractivity contribution >= 4 is 36.0 Å². The lowest BCUT2D eigenvalue weighted by molar-refractivity contribution is 0.146. The number of rotatable bonds is 8. The lowest BCUT2D eigenvalue weighted by Crippen LogP contribution is -2.48. The molecule has 1 aliphatic carbocycles. The maximum atomic E-state index is 13.4. The van der Waals surface area contributed by atoms with E-state index in [0.717, 1.165) is 24.9 Å². The summed E-state index contributed by atoms with van der Waals surface area (Å²) in [5.41, 5.74) is 1.56. The topological polar surface area (TPSA) is 74.8 Å². The number of carbonyl (C=O) groups excluding carboxylic acids is 1. The van der Waals surface area contributed by atoms with E-state index in [1.165, 1.54) is 6.07 Å². The van der Waals surface area contributed by atoms with E-state index >= 15 is 0 Å². The van der Waals surface area contributed by atoms with Crippen LogP contribution in [0.4, 0.5) is 9.18 Å². The van der Waals surface area contributed by atoms with Crippen molar-refractivity contribution in [3.8, 4) is 0 Å². The number of amides is 1. The van der Waals surface area contributed by atoms with Crippen molar-refractivity contribution in [3.63, 3.8) is 0 Å². The van der Waals surface area contributed by atoms with Crippen LogP contribution in [-0.4, -0.2) is 37.8 Å². The van der Waals surface area contributed by atoms with Crippen LogP contribution in [0, 0.1) is 18.7 Å². The molecule has 1 atom stereocenters. The number of hydrogen-bond donors (Lipinski definition) is 3. The zero-order valence-corrected chi connectivity index (χ0v) is 18.5. The van der Waals surface area contributed by atoms with Crippen LogP contribution in [0.1, 0.15) is 37.8 Å². The van der Waals surface area contributed by atoms with Crippen molar-refractivity contribution in [2.45, 2.75) is 46.2 Å². The van der Waals surface area contributed by atoms with Crippen LogP contribution in [0.2, 0.25) is 0 Å². The van der Waals surface area contributed by atoms with Crippen LogP contribution in [-0.2, 0) is 11.3 Å². The zero-order chi connectivity index (χ0) is 18.9. The van der Waals surface area contributed by atoms with Crippen molar-refractivity contribution < 1.29 is 13.9 Å². The third kappa shape index (κ3) is 8.32. The molecule has 0 radical (unpaired) electrons. The number of guanidine groups is 1. The third-order valence-electron chi connectivity index (χ3n) is 4.25. The molecule has 0 saturated heterocycles. The quantitative estimate of drug-likeness (QED) is 0.296. The van der Waals surface area contributed by atoms with Crippen molar-refractivity contribution in [1.29, 1.82) is 0 Å². The summed E-state index contributed by atoms with van der Waals surface area (Å²) in [6.45, 7) is 7.65. The van der Waals surface area contributed by atoms with Gasteiger partial charge in [-0.25, -0.2) is 14.2 Å². The molecule has 0 heterocycles. The molecule has 0 aromatic heterocycles. The van der Waals surface area contributed by atoms with Crippen LogP contribution in [0.15, 0.2) is 23.2 Å². The molecule has 27 heavy (non-hydrogen) atoms. The number of halogens is 2. The molecule has 1 aromatic carbocycles. The number of ether oxygens (including phenoxy) is 1. The molecule has 1 aromatic rings. The van der Waals surface area contributed by atoms with Crippen LogP contribution in [0.5, 0.6) is 0 Å². The molecule has 3 N–H and O–H groups in total. The number of nitrogens with zero attached hydrogens (tertiary/aromatic N) is 1. The first-order valence-corrected chi connectivity index (χ1v) is 9.24. The van der Waals surface area contributed by atoms with Crippen molar-refractivity contribution in [2.75, 3.05) is 19.7 Å². The first-order chi connectivity index (χ1) is 12.5. The molecule has 2 rings (SSSR count). The van der Waals surface area contributed by atoms with Crippen molar-refractivity contribution in [1.82, 2.24) is 16.0 Å². The van der Waals surface area contributed by atoms with Gasteiger partial charge in [-0.2, -0.15) is 0 Å². The van der Waals surface area contributed by atoms with E-state index in [-0.39, 0.29) is 41.9 Å². The van der Waals surface area contributed by atoms with Gasteiger partial charge in [0.2, 0.25) is 0 Å². The number of nitrogens with one attached hydrogen (secondary N) is 3. The Kier molecular flexibility index (Phi) is 10.4. The molecule has 8 heteroatoms. The fourth-order valence-corrected chi connectivity index (χ4v) is 2.68. The zero-order valence-electron chi connectivity index (χ0n) is 16.2. The lowest BCUT2D eigenvalue weighted by atomic mass is 10.1. The molecular weight excluding hydrogens is 462 g/mol. The number of carbonyl (C=O) groups is 1. The minimum atomic E-state index is -0.380. The summed E-state index contributed by atoms with van der Waals surface area (Å²) in [6, 6.07) is 5.03. The van der Waals surface area contributed by atoms with Gasteiger partial charge in [-0.1, -0.05) is 12.1 Å². The summed E-state index contributed by atoms with van der Waals surface area (Å²) in [5, 5.41) is 9.39. The fraction of sp³-hybridized carbons (Fsp3) is 0.579. The Hall–Kier alpha value is -1.58. The minimum absolute atomic E-state index is 0. The molecule has 0 spiro atoms. The van der Waals surface area contributed by atoms with Crippen molar-refractivity contribution in [2.24, 2.45) is 10.9 Å². The summed E-state index contributed by atoms with van der Waals surface area (Å²) in [4.78, 5) is 16.2. The average molecular weight is 492 g/mol. The number of aryl methyl sites for hydroxylation is 1. The monoisotopic (exact) mass is 492 g/mol. The van der Waals surface area contributed by atoms with Gasteiger partial charge in [-0.3, -0.25) is 0 Å². The Labute approximate surface area is 177 Å². The predicted molar refractivity (Wildman–Crippen MR) is 116 cm³/mol. The van der Waals surface area contributed by atoms with Crippen LogP contribution < -0.4 is 16.0 Å². The van der Waals surface area contributed by atoms with Gasteiger partial charge in [-0.15, -0.1) is 24.0 Å². The highest BCUT2D eigenvalue weighted by Gasteiger charge is 2.32. The second-order valence-electron chi connectivity index (χ2n) is 6.47. The number of benzene rings is 1. The SMILES string of the molecule is CCNC(=NCc1ccc(F)c(C)c1)NCC(NC(=O)OCC)C1CC1.I. The molecule has 1 fully saturated rings. The first kappa shape index (κ1) is 23.5. The lowest BCUT2D eigenvalue weighted by Gasteiger charge is -2.20. The van der Waals surface area contributed by atoms with E-state index in [0.29, 0.717) is 37.1 Å². The second-order valence-corrected chi connectivity index (χ2v) is 6.47. The third-order valence-corrected chi connectivity index (χ3v) is 4.25. The molecule has 1 saturated carbocycles. The molecule has 0 aliphatic heterocycles. The Bertz CT molecular complexity index is 638. The van der Waals surface area contributed by atoms with E-state index in [2.05, 4.69) is 20.9 Å². The highest BCUT2D eigenvalue weighted by atomic mass is 127. The van der Waals surface area contributed by atoms with Gasteiger partial charge >= 0.3 is 6.09 Å². The van der Waals surface area contributed by atoms with Gasteiger partial charge in [0.25, 0.3) is 0 Å². The predicted octanol–water partition coefficient (Wildman–Crippen LogP) is 3.33. The van der Waals surface area contributed by atoms with E-state index < -0.39 is 0 Å². The molecular formula is C19H30FIN4O2. The Morgan fingerprint density at radius 2 is 2.07 bits per heavy atom. The first-order valence-electron chi connectivity index (χ1n) is 9.24. The summed E-state index contributed by atoms with van der Waals surface area (Å²) in [6.07, 6.45) is 1.85. The van der Waals surface area contributed by atoms with Gasteiger partial charge in [0.15, 0.2) is 5.96 Å². The van der Waals surface area contributed by atoms with E-state index in [1.54, 1.807) is 26.0 Å². The van der Waals surface area contributed by atoms with E-state index in [9.17, 15) is 9.18 Å². The summed E-state index contributed by atoms with van der Waals surface area (Å²) in [5.74, 6) is 0.945. The van der Waals surface area contributed by atoms with Gasteiger partial charge in [0.1, 0.15) is 5.82 Å². The average Bonchev–Trinajstić information content (AvgIpc) is 3.44. The highest BCUT2D eigenvalue weighted by Crippen LogP contribution is 2.32. The maximum absolute atomic E-state index is 13.4. The van der Waals surface area contributed by atoms with Gasteiger partial charge in [0.05, 0.1) is 19.2 Å². The molecule has 1 amide bonds.